The van der Waals surface area contributed by atoms with Gasteiger partial charge in [-0.25, -0.2) is 0 Å². The number of hydrogen-bond acceptors (Lipinski definition) is 6. The standard InChI is InChI=1S/C27H35ClN2O5/c1-17(22-14-18(12-13-31)6-11-25(22)34-2)30-24-10-9-21(15-23(24)28)26(32)29-16-19-4-7-20(8-5-19)27(33)35-3/h6,9-11,14-15,17,19-20,30-31H,4-5,7-8,12-13,16H2,1-3H3,(H,29,32)/t17?,19-,20-. The third-order valence-electron chi connectivity index (χ3n) is 6.70. The number of amides is 1. The first kappa shape index (κ1) is 26.8. The molecule has 1 aliphatic carbocycles. The van der Waals surface area contributed by atoms with E-state index in [-0.39, 0.29) is 30.4 Å². The van der Waals surface area contributed by atoms with Crippen molar-refractivity contribution in [2.24, 2.45) is 11.8 Å². The van der Waals surface area contributed by atoms with Crippen molar-refractivity contribution >= 4 is 29.2 Å². The van der Waals surface area contributed by atoms with Crippen molar-refractivity contribution in [3.05, 3.63) is 58.1 Å². The van der Waals surface area contributed by atoms with Crippen LogP contribution in [0.3, 0.4) is 0 Å². The molecule has 1 aliphatic rings. The minimum atomic E-state index is -0.167. The van der Waals surface area contributed by atoms with Crippen molar-refractivity contribution in [2.45, 2.75) is 45.1 Å². The molecular formula is C27H35ClN2O5. The predicted molar refractivity (Wildman–Crippen MR) is 137 cm³/mol. The number of ether oxygens (including phenoxy) is 2. The lowest BCUT2D eigenvalue weighted by Crippen LogP contribution is -2.32. The number of rotatable bonds is 10. The van der Waals surface area contributed by atoms with E-state index in [1.807, 2.05) is 25.1 Å². The van der Waals surface area contributed by atoms with Gasteiger partial charge in [0.25, 0.3) is 5.91 Å². The second-order valence-electron chi connectivity index (χ2n) is 9.06. The molecule has 3 N–H and O–H groups in total. The average molecular weight is 503 g/mol. The number of anilines is 1. The highest BCUT2D eigenvalue weighted by Crippen LogP contribution is 2.32. The zero-order valence-corrected chi connectivity index (χ0v) is 21.4. The summed E-state index contributed by atoms with van der Waals surface area (Å²) >= 11 is 6.52. The molecule has 2 aromatic carbocycles. The third kappa shape index (κ3) is 7.12. The van der Waals surface area contributed by atoms with Crippen molar-refractivity contribution in [3.63, 3.8) is 0 Å². The van der Waals surface area contributed by atoms with Gasteiger partial charge in [0.15, 0.2) is 0 Å². The first-order chi connectivity index (χ1) is 16.9. The zero-order chi connectivity index (χ0) is 25.4. The number of methoxy groups -OCH3 is 2. The molecule has 1 saturated carbocycles. The van der Waals surface area contributed by atoms with Crippen LogP contribution in [0.1, 0.15) is 60.1 Å². The molecule has 190 valence electrons. The highest BCUT2D eigenvalue weighted by molar-refractivity contribution is 6.33. The first-order valence-electron chi connectivity index (χ1n) is 12.1. The number of carbonyl (C=O) groups is 2. The molecule has 1 unspecified atom stereocenters. The van der Waals surface area contributed by atoms with Gasteiger partial charge in [0.05, 0.1) is 36.9 Å². The Hall–Kier alpha value is -2.77. The molecule has 0 bridgehead atoms. The Labute approximate surface area is 212 Å². The number of benzene rings is 2. The number of halogens is 1. The summed E-state index contributed by atoms with van der Waals surface area (Å²) in [6, 6.07) is 11.0. The van der Waals surface area contributed by atoms with Crippen LogP contribution in [0.25, 0.3) is 0 Å². The van der Waals surface area contributed by atoms with Gasteiger partial charge in [-0.15, -0.1) is 0 Å². The molecule has 1 atom stereocenters. The van der Waals surface area contributed by atoms with Gasteiger partial charge >= 0.3 is 5.97 Å². The Morgan fingerprint density at radius 3 is 2.49 bits per heavy atom. The van der Waals surface area contributed by atoms with E-state index in [1.165, 1.54) is 7.11 Å². The summed E-state index contributed by atoms with van der Waals surface area (Å²) in [6.07, 6.45) is 3.95. The Morgan fingerprint density at radius 1 is 1.11 bits per heavy atom. The summed E-state index contributed by atoms with van der Waals surface area (Å²) in [7, 11) is 3.05. The highest BCUT2D eigenvalue weighted by atomic mass is 35.5. The number of nitrogens with one attached hydrogen (secondary N) is 2. The highest BCUT2D eigenvalue weighted by Gasteiger charge is 2.27. The maximum Gasteiger partial charge on any atom is 0.308 e. The summed E-state index contributed by atoms with van der Waals surface area (Å²) in [5.41, 5.74) is 3.19. The lowest BCUT2D eigenvalue weighted by Gasteiger charge is -2.27. The van der Waals surface area contributed by atoms with Crippen LogP contribution in [0.2, 0.25) is 5.02 Å². The molecule has 1 amide bonds. The van der Waals surface area contributed by atoms with E-state index in [0.29, 0.717) is 35.2 Å². The van der Waals surface area contributed by atoms with Crippen molar-refractivity contribution in [1.29, 1.82) is 0 Å². The van der Waals surface area contributed by atoms with Crippen LogP contribution in [-0.2, 0) is 16.0 Å². The van der Waals surface area contributed by atoms with Crippen LogP contribution < -0.4 is 15.4 Å². The molecule has 0 spiro atoms. The third-order valence-corrected chi connectivity index (χ3v) is 7.01. The van der Waals surface area contributed by atoms with Gasteiger partial charge in [-0.05, 0) is 80.8 Å². The number of esters is 1. The number of hydrogen-bond donors (Lipinski definition) is 3. The molecule has 8 heteroatoms. The topological polar surface area (TPSA) is 96.9 Å². The molecule has 35 heavy (non-hydrogen) atoms. The Bertz CT molecular complexity index is 1020. The molecule has 0 aliphatic heterocycles. The van der Waals surface area contributed by atoms with Gasteiger partial charge in [0, 0.05) is 24.3 Å². The second kappa shape index (κ2) is 12.8. The lowest BCUT2D eigenvalue weighted by molar-refractivity contribution is -0.146. The van der Waals surface area contributed by atoms with Gasteiger partial charge in [-0.2, -0.15) is 0 Å². The van der Waals surface area contributed by atoms with Crippen LogP contribution in [0.4, 0.5) is 5.69 Å². The fourth-order valence-corrected chi connectivity index (χ4v) is 4.83. The molecule has 0 heterocycles. The zero-order valence-electron chi connectivity index (χ0n) is 20.6. The largest absolute Gasteiger partial charge is 0.496 e. The van der Waals surface area contributed by atoms with Crippen LogP contribution in [0, 0.1) is 11.8 Å². The summed E-state index contributed by atoms with van der Waals surface area (Å²) in [6.45, 7) is 2.66. The van der Waals surface area contributed by atoms with E-state index in [0.717, 1.165) is 42.6 Å². The van der Waals surface area contributed by atoms with E-state index < -0.39 is 0 Å². The van der Waals surface area contributed by atoms with Gasteiger partial charge in [0.2, 0.25) is 0 Å². The number of carbonyl (C=O) groups excluding carboxylic acids is 2. The van der Waals surface area contributed by atoms with Gasteiger partial charge in [-0.1, -0.05) is 17.7 Å². The smallest absolute Gasteiger partial charge is 0.308 e. The van der Waals surface area contributed by atoms with E-state index in [4.69, 9.17) is 21.1 Å². The molecule has 7 nitrogen and oxygen atoms in total. The van der Waals surface area contributed by atoms with Crippen LogP contribution in [0.15, 0.2) is 36.4 Å². The minimum Gasteiger partial charge on any atom is -0.496 e. The monoisotopic (exact) mass is 502 g/mol. The molecule has 0 saturated heterocycles. The summed E-state index contributed by atoms with van der Waals surface area (Å²) < 4.78 is 10.3. The fraction of sp³-hybridized carbons (Fsp3) is 0.481. The number of aliphatic hydroxyl groups excluding tert-OH is 1. The Morgan fingerprint density at radius 2 is 1.86 bits per heavy atom. The predicted octanol–water partition coefficient (Wildman–Crippen LogP) is 4.77. The lowest BCUT2D eigenvalue weighted by atomic mass is 9.82. The van der Waals surface area contributed by atoms with E-state index in [2.05, 4.69) is 10.6 Å². The van der Waals surface area contributed by atoms with Crippen LogP contribution in [0.5, 0.6) is 5.75 Å². The Balaban J connectivity index is 1.58. The molecular weight excluding hydrogens is 468 g/mol. The normalized spacial score (nSPS) is 18.4. The van der Waals surface area contributed by atoms with Crippen LogP contribution >= 0.6 is 11.6 Å². The Kier molecular flexibility index (Phi) is 9.81. The fourth-order valence-electron chi connectivity index (χ4n) is 4.60. The molecule has 0 radical (unpaired) electrons. The van der Waals surface area contributed by atoms with Gasteiger partial charge in [-0.3, -0.25) is 9.59 Å². The second-order valence-corrected chi connectivity index (χ2v) is 9.47. The number of aliphatic hydroxyl groups is 1. The van der Waals surface area contributed by atoms with Gasteiger partial charge in [0.1, 0.15) is 5.75 Å². The molecule has 2 aromatic rings. The molecule has 3 rings (SSSR count). The van der Waals surface area contributed by atoms with Crippen molar-refractivity contribution in [2.75, 3.05) is 32.7 Å². The van der Waals surface area contributed by atoms with Crippen molar-refractivity contribution in [3.8, 4) is 5.75 Å². The maximum absolute atomic E-state index is 12.7. The van der Waals surface area contributed by atoms with Gasteiger partial charge < -0.3 is 25.2 Å². The maximum atomic E-state index is 12.7. The summed E-state index contributed by atoms with van der Waals surface area (Å²) in [5.74, 6) is 0.778. The SMILES string of the molecule is COc1ccc(CCO)cc1C(C)Nc1ccc(C(=O)NC[C@H]2CC[C@H](C(=O)OC)CC2)cc1Cl. The molecule has 1 fully saturated rings. The van der Waals surface area contributed by atoms with E-state index in [9.17, 15) is 14.7 Å². The van der Waals surface area contributed by atoms with Crippen LogP contribution in [-0.4, -0.2) is 44.4 Å². The van der Waals surface area contributed by atoms with E-state index >= 15 is 0 Å². The minimum absolute atomic E-state index is 0.0229. The summed E-state index contributed by atoms with van der Waals surface area (Å²) in [4.78, 5) is 24.4. The quantitative estimate of drug-likeness (QED) is 0.405. The van der Waals surface area contributed by atoms with Crippen molar-refractivity contribution in [1.82, 2.24) is 5.32 Å². The van der Waals surface area contributed by atoms with Crippen molar-refractivity contribution < 1.29 is 24.2 Å². The van der Waals surface area contributed by atoms with E-state index in [1.54, 1.807) is 25.3 Å². The summed E-state index contributed by atoms with van der Waals surface area (Å²) in [5, 5.41) is 16.1. The first-order valence-corrected chi connectivity index (χ1v) is 12.4. The molecule has 0 aromatic heterocycles. The average Bonchev–Trinajstić information content (AvgIpc) is 2.88.